The lowest BCUT2D eigenvalue weighted by atomic mass is 10.3. The SMILES string of the molecule is CC(C)n1cnnc1SCC(=O)Nc1nc2ccc(OCC(F)(F)F)cc2s1. The molecule has 12 heteroatoms. The Kier molecular flexibility index (Phi) is 6.08. The lowest BCUT2D eigenvalue weighted by Gasteiger charge is -2.08. The third kappa shape index (κ3) is 5.35. The number of aromatic nitrogens is 4. The van der Waals surface area contributed by atoms with Gasteiger partial charge in [-0.15, -0.1) is 10.2 Å². The monoisotopic (exact) mass is 431 g/mol. The maximum Gasteiger partial charge on any atom is 0.422 e. The largest absolute Gasteiger partial charge is 0.484 e. The standard InChI is InChI=1S/C16H16F3N5O2S2/c1-9(2)24-8-20-23-15(24)27-6-13(25)22-14-21-11-4-3-10(5-12(11)28-14)26-7-16(17,18)19/h3-5,8-9H,6-7H2,1-2H3,(H,21,22,25). The predicted octanol–water partition coefficient (Wildman–Crippen LogP) is 4.14. The van der Waals surface area contributed by atoms with Gasteiger partial charge in [0, 0.05) is 6.04 Å². The number of ether oxygens (including phenoxy) is 1. The van der Waals surface area contributed by atoms with Crippen molar-refractivity contribution in [2.75, 3.05) is 17.7 Å². The average molecular weight is 431 g/mol. The Labute approximate surface area is 166 Å². The molecule has 2 aromatic heterocycles. The summed E-state index contributed by atoms with van der Waals surface area (Å²) in [5.41, 5.74) is 0.562. The Morgan fingerprint density at radius 1 is 1.39 bits per heavy atom. The van der Waals surface area contributed by atoms with Crippen LogP contribution < -0.4 is 10.1 Å². The molecule has 0 spiro atoms. The summed E-state index contributed by atoms with van der Waals surface area (Å²) < 4.78 is 44.0. The summed E-state index contributed by atoms with van der Waals surface area (Å²) in [6.07, 6.45) is -2.80. The number of thiazole rings is 1. The van der Waals surface area contributed by atoms with Crippen molar-refractivity contribution in [1.82, 2.24) is 19.7 Å². The normalized spacial score (nSPS) is 11.9. The second kappa shape index (κ2) is 8.35. The van der Waals surface area contributed by atoms with Crippen molar-refractivity contribution in [3.8, 4) is 5.75 Å². The van der Waals surface area contributed by atoms with Crippen LogP contribution in [0.1, 0.15) is 19.9 Å². The van der Waals surface area contributed by atoms with E-state index in [-0.39, 0.29) is 23.5 Å². The van der Waals surface area contributed by atoms with Crippen LogP contribution in [0.25, 0.3) is 10.2 Å². The quantitative estimate of drug-likeness (QED) is 0.566. The van der Waals surface area contributed by atoms with E-state index in [1.165, 1.54) is 23.9 Å². The highest BCUT2D eigenvalue weighted by atomic mass is 32.2. The minimum absolute atomic E-state index is 0.0925. The van der Waals surface area contributed by atoms with E-state index in [9.17, 15) is 18.0 Å². The summed E-state index contributed by atoms with van der Waals surface area (Å²) in [5, 5.41) is 11.5. The molecule has 3 aromatic rings. The van der Waals surface area contributed by atoms with Crippen molar-refractivity contribution < 1.29 is 22.7 Å². The van der Waals surface area contributed by atoms with Gasteiger partial charge >= 0.3 is 6.18 Å². The Hall–Kier alpha value is -2.34. The number of carbonyl (C=O) groups excluding carboxylic acids is 1. The molecular weight excluding hydrogens is 415 g/mol. The van der Waals surface area contributed by atoms with Crippen LogP contribution in [-0.2, 0) is 4.79 Å². The first-order chi connectivity index (χ1) is 13.2. The van der Waals surface area contributed by atoms with E-state index in [1.807, 2.05) is 18.4 Å². The number of anilines is 1. The van der Waals surface area contributed by atoms with E-state index in [4.69, 9.17) is 4.74 Å². The second-order valence-corrected chi connectivity index (χ2v) is 7.98. The van der Waals surface area contributed by atoms with E-state index in [0.29, 0.717) is 20.5 Å². The minimum atomic E-state index is -4.40. The number of nitrogens with zero attached hydrogens (tertiary/aromatic N) is 4. The summed E-state index contributed by atoms with van der Waals surface area (Å²) in [5.74, 6) is -0.0489. The molecule has 0 aliphatic rings. The molecule has 7 nitrogen and oxygen atoms in total. The fourth-order valence-electron chi connectivity index (χ4n) is 2.19. The van der Waals surface area contributed by atoms with Crippen LogP contribution in [0.5, 0.6) is 5.75 Å². The molecule has 0 unspecified atom stereocenters. The molecule has 0 bridgehead atoms. The fourth-order valence-corrected chi connectivity index (χ4v) is 3.94. The van der Waals surface area contributed by atoms with Gasteiger partial charge in [-0.25, -0.2) is 4.98 Å². The van der Waals surface area contributed by atoms with Crippen molar-refractivity contribution in [2.45, 2.75) is 31.2 Å². The van der Waals surface area contributed by atoms with Crippen molar-refractivity contribution in [2.24, 2.45) is 0 Å². The van der Waals surface area contributed by atoms with Gasteiger partial charge in [0.05, 0.1) is 16.0 Å². The Balaban J connectivity index is 1.60. The van der Waals surface area contributed by atoms with Gasteiger partial charge in [-0.1, -0.05) is 23.1 Å². The smallest absolute Gasteiger partial charge is 0.422 e. The minimum Gasteiger partial charge on any atom is -0.484 e. The average Bonchev–Trinajstić information content (AvgIpc) is 3.23. The molecule has 2 heterocycles. The van der Waals surface area contributed by atoms with Gasteiger partial charge in [-0.3, -0.25) is 4.79 Å². The van der Waals surface area contributed by atoms with E-state index < -0.39 is 12.8 Å². The summed E-state index contributed by atoms with van der Waals surface area (Å²) >= 11 is 2.41. The second-order valence-electron chi connectivity index (χ2n) is 6.00. The fraction of sp³-hybridized carbons (Fsp3) is 0.375. The number of alkyl halides is 3. The molecule has 150 valence electrons. The lowest BCUT2D eigenvalue weighted by Crippen LogP contribution is -2.19. The number of thioether (sulfide) groups is 1. The molecule has 1 aromatic carbocycles. The van der Waals surface area contributed by atoms with Crippen molar-refractivity contribution in [1.29, 1.82) is 0 Å². The number of carbonyl (C=O) groups is 1. The number of halogens is 3. The number of hydrogen-bond acceptors (Lipinski definition) is 7. The van der Waals surface area contributed by atoms with Crippen LogP contribution >= 0.6 is 23.1 Å². The Morgan fingerprint density at radius 3 is 2.89 bits per heavy atom. The van der Waals surface area contributed by atoms with Crippen molar-refractivity contribution in [3.05, 3.63) is 24.5 Å². The molecule has 1 amide bonds. The van der Waals surface area contributed by atoms with E-state index >= 15 is 0 Å². The predicted molar refractivity (Wildman–Crippen MR) is 101 cm³/mol. The highest BCUT2D eigenvalue weighted by Gasteiger charge is 2.28. The summed E-state index contributed by atoms with van der Waals surface area (Å²) in [6.45, 7) is 2.61. The van der Waals surface area contributed by atoms with Gasteiger partial charge in [0.25, 0.3) is 0 Å². The molecule has 28 heavy (non-hydrogen) atoms. The molecule has 0 aliphatic heterocycles. The van der Waals surface area contributed by atoms with Gasteiger partial charge < -0.3 is 14.6 Å². The molecule has 0 aliphatic carbocycles. The summed E-state index contributed by atoms with van der Waals surface area (Å²) in [6, 6.07) is 4.61. The van der Waals surface area contributed by atoms with Gasteiger partial charge in [-0.05, 0) is 32.0 Å². The first-order valence-corrected chi connectivity index (χ1v) is 9.94. The number of rotatable bonds is 7. The van der Waals surface area contributed by atoms with E-state index in [1.54, 1.807) is 12.4 Å². The molecule has 3 rings (SSSR count). The van der Waals surface area contributed by atoms with Crippen LogP contribution in [0.15, 0.2) is 29.7 Å². The Morgan fingerprint density at radius 2 is 2.18 bits per heavy atom. The Bertz CT molecular complexity index is 971. The summed E-state index contributed by atoms with van der Waals surface area (Å²) in [7, 11) is 0. The van der Waals surface area contributed by atoms with Gasteiger partial charge in [0.2, 0.25) is 5.91 Å². The number of amides is 1. The molecule has 0 fully saturated rings. The molecule has 0 saturated carbocycles. The van der Waals surface area contributed by atoms with Gasteiger partial charge in [0.15, 0.2) is 16.9 Å². The summed E-state index contributed by atoms with van der Waals surface area (Å²) in [4.78, 5) is 16.4. The molecule has 0 saturated heterocycles. The first kappa shape index (κ1) is 20.4. The number of nitrogens with one attached hydrogen (secondary N) is 1. The van der Waals surface area contributed by atoms with E-state index in [2.05, 4.69) is 20.5 Å². The van der Waals surface area contributed by atoms with Crippen LogP contribution in [0.2, 0.25) is 0 Å². The van der Waals surface area contributed by atoms with Gasteiger partial charge in [-0.2, -0.15) is 13.2 Å². The third-order valence-electron chi connectivity index (χ3n) is 3.44. The molecule has 1 N–H and O–H groups in total. The molecule has 0 radical (unpaired) electrons. The lowest BCUT2D eigenvalue weighted by molar-refractivity contribution is -0.153. The topological polar surface area (TPSA) is 81.9 Å². The molecular formula is C16H16F3N5O2S2. The number of benzene rings is 1. The maximum atomic E-state index is 12.3. The van der Waals surface area contributed by atoms with Crippen LogP contribution in [0.4, 0.5) is 18.3 Å². The number of fused-ring (bicyclic) bond motifs is 1. The number of hydrogen-bond donors (Lipinski definition) is 1. The van der Waals surface area contributed by atoms with Gasteiger partial charge in [0.1, 0.15) is 12.1 Å². The zero-order valence-electron chi connectivity index (χ0n) is 14.9. The van der Waals surface area contributed by atoms with Crippen molar-refractivity contribution >= 4 is 44.4 Å². The van der Waals surface area contributed by atoms with Crippen LogP contribution in [0.3, 0.4) is 0 Å². The van der Waals surface area contributed by atoms with Crippen LogP contribution in [-0.4, -0.2) is 44.2 Å². The third-order valence-corrected chi connectivity index (χ3v) is 5.33. The van der Waals surface area contributed by atoms with Crippen LogP contribution in [0, 0.1) is 0 Å². The zero-order valence-corrected chi connectivity index (χ0v) is 16.5. The van der Waals surface area contributed by atoms with Crippen molar-refractivity contribution in [3.63, 3.8) is 0 Å². The molecule has 0 atom stereocenters. The van der Waals surface area contributed by atoms with E-state index in [0.717, 1.165) is 11.3 Å². The maximum absolute atomic E-state index is 12.3. The zero-order chi connectivity index (χ0) is 20.3. The first-order valence-electron chi connectivity index (χ1n) is 8.13. The highest BCUT2D eigenvalue weighted by Crippen LogP contribution is 2.30. The highest BCUT2D eigenvalue weighted by molar-refractivity contribution is 7.99.